The first-order chi connectivity index (χ1) is 10.8. The highest BCUT2D eigenvalue weighted by atomic mass is 16.5. The van der Waals surface area contributed by atoms with Gasteiger partial charge in [-0.05, 0) is 87.9 Å². The molecule has 0 unspecified atom stereocenters. The van der Waals surface area contributed by atoms with E-state index >= 15 is 0 Å². The third kappa shape index (κ3) is 6.07. The van der Waals surface area contributed by atoms with Crippen molar-refractivity contribution in [3.05, 3.63) is 12.2 Å². The molecule has 0 aromatic carbocycles. The quantitative estimate of drug-likeness (QED) is 0.373. The van der Waals surface area contributed by atoms with Crippen molar-refractivity contribution in [2.24, 2.45) is 23.7 Å². The van der Waals surface area contributed by atoms with Crippen LogP contribution < -0.4 is 0 Å². The number of unbranched alkanes of at least 4 members (excludes halogenated alkanes) is 1. The molecular weight excluding hydrogens is 268 g/mol. The summed E-state index contributed by atoms with van der Waals surface area (Å²) < 4.78 is 5.76. The van der Waals surface area contributed by atoms with Crippen LogP contribution in [0.2, 0.25) is 0 Å². The normalized spacial score (nSPS) is 33.4. The predicted octanol–water partition coefficient (Wildman–Crippen LogP) is 6.38. The van der Waals surface area contributed by atoms with Crippen LogP contribution in [0.4, 0.5) is 0 Å². The molecule has 0 aromatic heterocycles. The first kappa shape index (κ1) is 18.0. The lowest BCUT2D eigenvalue weighted by Crippen LogP contribution is -2.26. The molecule has 0 saturated heterocycles. The Hall–Kier alpha value is -0.300. The first-order valence-electron chi connectivity index (χ1n) is 10.1. The van der Waals surface area contributed by atoms with E-state index in [0.29, 0.717) is 0 Å². The Bertz CT molecular complexity index is 293. The Labute approximate surface area is 138 Å². The van der Waals surface area contributed by atoms with Gasteiger partial charge in [0, 0.05) is 13.2 Å². The van der Waals surface area contributed by atoms with Gasteiger partial charge >= 0.3 is 0 Å². The van der Waals surface area contributed by atoms with Crippen molar-refractivity contribution in [2.45, 2.75) is 84.5 Å². The smallest absolute Gasteiger partial charge is 0.0494 e. The molecule has 0 radical (unpaired) electrons. The van der Waals surface area contributed by atoms with Crippen molar-refractivity contribution in [2.75, 3.05) is 13.2 Å². The van der Waals surface area contributed by atoms with Crippen molar-refractivity contribution in [1.82, 2.24) is 0 Å². The molecule has 2 rings (SSSR count). The minimum Gasteiger partial charge on any atom is -0.381 e. The molecule has 0 heterocycles. The molecule has 0 bridgehead atoms. The molecule has 0 aliphatic heterocycles. The Morgan fingerprint density at radius 2 is 1.45 bits per heavy atom. The van der Waals surface area contributed by atoms with Gasteiger partial charge in [-0.15, -0.1) is 0 Å². The summed E-state index contributed by atoms with van der Waals surface area (Å²) in [5.41, 5.74) is 0. The second-order valence-corrected chi connectivity index (χ2v) is 7.75. The predicted molar refractivity (Wildman–Crippen MR) is 96.1 cm³/mol. The molecule has 1 nitrogen and oxygen atoms in total. The lowest BCUT2D eigenvalue weighted by Gasteiger charge is -2.37. The molecular formula is C21H38O. The maximum Gasteiger partial charge on any atom is 0.0494 e. The zero-order chi connectivity index (χ0) is 15.6. The van der Waals surface area contributed by atoms with Crippen LogP contribution in [0.25, 0.3) is 0 Å². The van der Waals surface area contributed by atoms with E-state index in [-0.39, 0.29) is 0 Å². The Kier molecular flexibility index (Phi) is 8.59. The summed E-state index contributed by atoms with van der Waals surface area (Å²) in [6, 6.07) is 0. The maximum atomic E-state index is 5.76. The molecule has 0 aromatic rings. The molecule has 1 heteroatoms. The molecule has 0 spiro atoms. The van der Waals surface area contributed by atoms with Gasteiger partial charge in [0.25, 0.3) is 0 Å². The Balaban J connectivity index is 1.62. The number of allylic oxidation sites excluding steroid dienone is 2. The highest BCUT2D eigenvalue weighted by Crippen LogP contribution is 2.41. The van der Waals surface area contributed by atoms with Crippen LogP contribution >= 0.6 is 0 Å². The first-order valence-corrected chi connectivity index (χ1v) is 10.1. The highest BCUT2D eigenvalue weighted by Gasteiger charge is 2.30. The van der Waals surface area contributed by atoms with E-state index in [9.17, 15) is 0 Å². The van der Waals surface area contributed by atoms with Gasteiger partial charge < -0.3 is 4.74 Å². The average Bonchev–Trinajstić information content (AvgIpc) is 2.57. The van der Waals surface area contributed by atoms with Gasteiger partial charge in [-0.25, -0.2) is 0 Å². The van der Waals surface area contributed by atoms with E-state index < -0.39 is 0 Å². The van der Waals surface area contributed by atoms with Gasteiger partial charge in [-0.2, -0.15) is 0 Å². The number of hydrogen-bond donors (Lipinski definition) is 0. The molecule has 0 amide bonds. The fourth-order valence-electron chi connectivity index (χ4n) is 4.48. The third-order valence-electron chi connectivity index (χ3n) is 5.94. The van der Waals surface area contributed by atoms with Crippen LogP contribution in [0.1, 0.15) is 84.5 Å². The van der Waals surface area contributed by atoms with E-state index in [1.807, 2.05) is 0 Å². The monoisotopic (exact) mass is 306 g/mol. The van der Waals surface area contributed by atoms with Crippen LogP contribution in [-0.4, -0.2) is 13.2 Å². The largest absolute Gasteiger partial charge is 0.381 e. The number of rotatable bonds is 8. The Morgan fingerprint density at radius 3 is 2.05 bits per heavy atom. The van der Waals surface area contributed by atoms with Crippen LogP contribution in [-0.2, 0) is 4.74 Å². The molecule has 2 saturated carbocycles. The zero-order valence-corrected chi connectivity index (χ0v) is 15.1. The van der Waals surface area contributed by atoms with Gasteiger partial charge in [0.2, 0.25) is 0 Å². The van der Waals surface area contributed by atoms with Gasteiger partial charge in [0.15, 0.2) is 0 Å². The second-order valence-electron chi connectivity index (χ2n) is 7.75. The van der Waals surface area contributed by atoms with Gasteiger partial charge in [-0.1, -0.05) is 32.4 Å². The second kappa shape index (κ2) is 10.5. The summed E-state index contributed by atoms with van der Waals surface area (Å²) in [7, 11) is 0. The average molecular weight is 307 g/mol. The topological polar surface area (TPSA) is 9.23 Å². The minimum absolute atomic E-state index is 0.858. The molecule has 128 valence electrons. The maximum absolute atomic E-state index is 5.76. The standard InChI is InChI=1S/C21H38O/c1-3-5-6-7-18-8-12-20(13-9-18)21-14-10-19(11-15-21)17-22-16-4-2/h6-7,18-21H,3-5,8-17H2,1-2H3. The summed E-state index contributed by atoms with van der Waals surface area (Å²) in [4.78, 5) is 0. The zero-order valence-electron chi connectivity index (χ0n) is 15.1. The van der Waals surface area contributed by atoms with E-state index in [1.165, 1.54) is 64.2 Å². The molecule has 22 heavy (non-hydrogen) atoms. The van der Waals surface area contributed by atoms with Crippen molar-refractivity contribution < 1.29 is 4.74 Å². The van der Waals surface area contributed by atoms with Gasteiger partial charge in [0.1, 0.15) is 0 Å². The number of ether oxygens (including phenoxy) is 1. The molecule has 2 aliphatic carbocycles. The fraction of sp³-hybridized carbons (Fsp3) is 0.905. The van der Waals surface area contributed by atoms with Crippen molar-refractivity contribution in [1.29, 1.82) is 0 Å². The fourth-order valence-corrected chi connectivity index (χ4v) is 4.48. The molecule has 0 atom stereocenters. The molecule has 2 fully saturated rings. The van der Waals surface area contributed by atoms with Crippen molar-refractivity contribution in [3.8, 4) is 0 Å². The summed E-state index contributed by atoms with van der Waals surface area (Å²) in [6.07, 6.45) is 20.3. The van der Waals surface area contributed by atoms with Crippen molar-refractivity contribution in [3.63, 3.8) is 0 Å². The summed E-state index contributed by atoms with van der Waals surface area (Å²) >= 11 is 0. The van der Waals surface area contributed by atoms with Crippen LogP contribution in [0.3, 0.4) is 0 Å². The Morgan fingerprint density at radius 1 is 0.818 bits per heavy atom. The summed E-state index contributed by atoms with van der Waals surface area (Å²) in [6.45, 7) is 6.45. The summed E-state index contributed by atoms with van der Waals surface area (Å²) in [5.74, 6) is 3.81. The lowest BCUT2D eigenvalue weighted by atomic mass is 9.69. The third-order valence-corrected chi connectivity index (χ3v) is 5.94. The number of hydrogen-bond acceptors (Lipinski definition) is 1. The lowest BCUT2D eigenvalue weighted by molar-refractivity contribution is 0.0662. The van der Waals surface area contributed by atoms with Crippen LogP contribution in [0.15, 0.2) is 12.2 Å². The highest BCUT2D eigenvalue weighted by molar-refractivity contribution is 4.92. The van der Waals surface area contributed by atoms with Crippen molar-refractivity contribution >= 4 is 0 Å². The van der Waals surface area contributed by atoms with Gasteiger partial charge in [-0.3, -0.25) is 0 Å². The SMILES string of the molecule is CCCC=CC1CCC(C2CCC(COCCC)CC2)CC1. The van der Waals surface area contributed by atoms with Gasteiger partial charge in [0.05, 0.1) is 0 Å². The summed E-state index contributed by atoms with van der Waals surface area (Å²) in [5, 5.41) is 0. The minimum atomic E-state index is 0.858. The molecule has 2 aliphatic rings. The molecule has 0 N–H and O–H groups in total. The van der Waals surface area contributed by atoms with E-state index in [2.05, 4.69) is 26.0 Å². The van der Waals surface area contributed by atoms with E-state index in [4.69, 9.17) is 4.74 Å². The van der Waals surface area contributed by atoms with E-state index in [1.54, 1.807) is 0 Å². The van der Waals surface area contributed by atoms with E-state index in [0.717, 1.165) is 43.3 Å². The van der Waals surface area contributed by atoms with Crippen LogP contribution in [0, 0.1) is 23.7 Å². The van der Waals surface area contributed by atoms with Crippen LogP contribution in [0.5, 0.6) is 0 Å².